The van der Waals surface area contributed by atoms with Gasteiger partial charge < -0.3 is 19.8 Å². The highest BCUT2D eigenvalue weighted by atomic mass is 32.2. The molecule has 274 valence electrons. The van der Waals surface area contributed by atoms with Crippen molar-refractivity contribution in [3.05, 3.63) is 47.4 Å². The number of H-pyrrole nitrogens is 1. The first kappa shape index (κ1) is 34.6. The number of nitrogens with zero attached hydrogens (tertiary/aromatic N) is 2. The monoisotopic (exact) mass is 706 g/mol. The van der Waals surface area contributed by atoms with Gasteiger partial charge in [-0.05, 0) is 126 Å². The molecule has 1 aliphatic heterocycles. The summed E-state index contributed by atoms with van der Waals surface area (Å²) in [6.07, 6.45) is 13.2. The fourth-order valence-corrected chi connectivity index (χ4v) is 15.0. The molecule has 8 rings (SSSR count). The third-order valence-electron chi connectivity index (χ3n) is 16.4. The highest BCUT2D eigenvalue weighted by Crippen LogP contribution is 2.77. The number of hydrogen-bond donors (Lipinski definition) is 3. The Balaban J connectivity index is 1.06. The summed E-state index contributed by atoms with van der Waals surface area (Å²) < 4.78 is 29.9. The molecule has 1 aromatic carbocycles. The van der Waals surface area contributed by atoms with E-state index < -0.39 is 15.8 Å². The minimum absolute atomic E-state index is 0.00966. The number of fused-ring (bicyclic) bond motifs is 7. The summed E-state index contributed by atoms with van der Waals surface area (Å²) in [6, 6.07) is 7.55. The van der Waals surface area contributed by atoms with Crippen LogP contribution in [-0.4, -0.2) is 78.0 Å². The van der Waals surface area contributed by atoms with Gasteiger partial charge in [0.25, 0.3) is 0 Å². The Bertz CT molecular complexity index is 1740. The summed E-state index contributed by atoms with van der Waals surface area (Å²) in [5, 5.41) is 20.9. The van der Waals surface area contributed by atoms with E-state index in [4.69, 9.17) is 4.52 Å². The third kappa shape index (κ3) is 5.07. The zero-order chi connectivity index (χ0) is 35.3. The number of allylic oxidation sites excluding steroid dienone is 2. The Kier molecular flexibility index (Phi) is 8.17. The van der Waals surface area contributed by atoms with E-state index in [9.17, 15) is 18.3 Å². The molecule has 0 amide bonds. The smallest absolute Gasteiger partial charge is 0.335 e. The highest BCUT2D eigenvalue weighted by molar-refractivity contribution is 7.91. The zero-order valence-electron chi connectivity index (χ0n) is 30.8. The summed E-state index contributed by atoms with van der Waals surface area (Å²) in [6.45, 7) is 15.9. The number of benzene rings is 1. The van der Waals surface area contributed by atoms with Gasteiger partial charge in [-0.25, -0.2) is 13.2 Å². The number of rotatable bonds is 7. The number of sulfone groups is 1. The average molecular weight is 707 g/mol. The van der Waals surface area contributed by atoms with E-state index in [1.807, 2.05) is 12.1 Å². The Morgan fingerprint density at radius 1 is 0.960 bits per heavy atom. The normalized spacial score (nSPS) is 42.1. The summed E-state index contributed by atoms with van der Waals surface area (Å²) in [4.78, 5) is 13.9. The zero-order valence-corrected chi connectivity index (χ0v) is 31.6. The minimum Gasteiger partial charge on any atom is -0.478 e. The maximum Gasteiger partial charge on any atom is 0.335 e. The molecule has 4 saturated carbocycles. The largest absolute Gasteiger partial charge is 0.478 e. The lowest BCUT2D eigenvalue weighted by molar-refractivity contribution is -0.218. The Morgan fingerprint density at radius 3 is 2.34 bits per heavy atom. The topological polar surface area (TPSA) is 129 Å². The van der Waals surface area contributed by atoms with Gasteiger partial charge in [-0.1, -0.05) is 52.8 Å². The van der Waals surface area contributed by atoms with Crippen LogP contribution in [0.5, 0.6) is 0 Å². The van der Waals surface area contributed by atoms with Crippen molar-refractivity contribution in [2.24, 2.45) is 45.3 Å². The van der Waals surface area contributed by atoms with Crippen molar-refractivity contribution in [1.29, 1.82) is 0 Å². The average Bonchev–Trinajstić information content (AvgIpc) is 3.40. The van der Waals surface area contributed by atoms with Crippen LogP contribution in [0.4, 0.5) is 0 Å². The molecule has 1 saturated heterocycles. The second kappa shape index (κ2) is 11.8. The maximum absolute atomic E-state index is 12.0. The number of aromatic carboxylic acids is 1. The van der Waals surface area contributed by atoms with Crippen LogP contribution in [0.25, 0.3) is 5.57 Å². The van der Waals surface area contributed by atoms with Crippen LogP contribution < -0.4 is 5.32 Å². The third-order valence-corrected chi connectivity index (χ3v) is 18.0. The van der Waals surface area contributed by atoms with Crippen LogP contribution in [0, 0.1) is 45.3 Å². The predicted octanol–water partition coefficient (Wildman–Crippen LogP) is 7.02. The first-order chi connectivity index (χ1) is 23.6. The molecule has 5 fully saturated rings. The molecule has 1 aromatic heterocycles. The van der Waals surface area contributed by atoms with Gasteiger partial charge in [0.1, 0.15) is 0 Å². The molecule has 6 aliphatic rings. The molecule has 9 unspecified atom stereocenters. The minimum atomic E-state index is -2.88. The maximum atomic E-state index is 12.0. The van der Waals surface area contributed by atoms with Crippen LogP contribution in [0.15, 0.2) is 34.9 Å². The molecule has 10 heteroatoms. The van der Waals surface area contributed by atoms with Crippen LogP contribution in [-0.2, 0) is 9.84 Å². The van der Waals surface area contributed by atoms with Crippen LogP contribution in [0.2, 0.25) is 0 Å². The molecule has 2 heterocycles. The summed E-state index contributed by atoms with van der Waals surface area (Å²) in [7, 11) is -2.88. The molecule has 0 spiro atoms. The van der Waals surface area contributed by atoms with Gasteiger partial charge in [0.15, 0.2) is 9.84 Å². The van der Waals surface area contributed by atoms with E-state index in [1.165, 1.54) is 44.1 Å². The lowest BCUT2D eigenvalue weighted by Crippen LogP contribution is -2.68. The van der Waals surface area contributed by atoms with Gasteiger partial charge in [0.2, 0.25) is 5.89 Å². The molecule has 2 aromatic rings. The first-order valence-electron chi connectivity index (χ1n) is 19.4. The van der Waals surface area contributed by atoms with Gasteiger partial charge in [0.05, 0.1) is 17.1 Å². The number of hydrogen-bond acceptors (Lipinski definition) is 7. The Hall–Kier alpha value is -2.43. The van der Waals surface area contributed by atoms with Gasteiger partial charge >= 0.3 is 5.97 Å². The predicted molar refractivity (Wildman–Crippen MR) is 194 cm³/mol. The van der Waals surface area contributed by atoms with Crippen LogP contribution in [0.3, 0.4) is 0 Å². The van der Waals surface area contributed by atoms with Crippen LogP contribution >= 0.6 is 0 Å². The number of aromatic nitrogens is 2. The Labute approximate surface area is 298 Å². The van der Waals surface area contributed by atoms with Crippen molar-refractivity contribution in [3.63, 3.8) is 0 Å². The quantitative estimate of drug-likeness (QED) is 0.281. The van der Waals surface area contributed by atoms with E-state index >= 15 is 0 Å². The number of carbonyl (C=O) groups is 1. The van der Waals surface area contributed by atoms with E-state index in [-0.39, 0.29) is 38.7 Å². The lowest BCUT2D eigenvalue weighted by Gasteiger charge is -2.72. The van der Waals surface area contributed by atoms with Gasteiger partial charge in [0, 0.05) is 37.6 Å². The van der Waals surface area contributed by atoms with Crippen molar-refractivity contribution in [2.45, 2.75) is 104 Å². The van der Waals surface area contributed by atoms with Crippen molar-refractivity contribution in [3.8, 4) is 0 Å². The molecule has 50 heavy (non-hydrogen) atoms. The van der Waals surface area contributed by atoms with Crippen molar-refractivity contribution < 1.29 is 22.8 Å². The molecule has 0 radical (unpaired) electrons. The van der Waals surface area contributed by atoms with Crippen LogP contribution in [0.1, 0.15) is 120 Å². The number of nitrogens with one attached hydrogen (secondary N) is 2. The molecular weight excluding hydrogens is 649 g/mol. The number of carboxylic acid groups (broad SMARTS) is 1. The van der Waals surface area contributed by atoms with Crippen molar-refractivity contribution in [2.75, 3.05) is 37.7 Å². The molecule has 3 N–H and O–H groups in total. The number of aromatic amines is 1. The van der Waals surface area contributed by atoms with E-state index in [0.29, 0.717) is 48.2 Å². The Morgan fingerprint density at radius 2 is 1.68 bits per heavy atom. The highest BCUT2D eigenvalue weighted by Gasteiger charge is 2.71. The van der Waals surface area contributed by atoms with Gasteiger partial charge in [-0.15, -0.1) is 10.4 Å². The molecule has 9 nitrogen and oxygen atoms in total. The SMILES string of the molecule is CC1(C)C(c2ccc(C(=O)O)cc2)=CCC2(C)C1CCC1(C)C2CCC2C3C(c4n[nH]o4)CCC3(NCCN3CCS(=O)(=O)CC3)CCC21C. The van der Waals surface area contributed by atoms with Crippen molar-refractivity contribution in [1.82, 2.24) is 20.6 Å². The molecule has 9 atom stereocenters. The fraction of sp³-hybridized carbons (Fsp3) is 0.750. The number of carboxylic acids is 1. The summed E-state index contributed by atoms with van der Waals surface area (Å²) in [5.74, 6) is 3.15. The van der Waals surface area contributed by atoms with Gasteiger partial charge in [-0.2, -0.15) is 0 Å². The van der Waals surface area contributed by atoms with E-state index in [0.717, 1.165) is 43.8 Å². The van der Waals surface area contributed by atoms with E-state index in [2.05, 4.69) is 61.3 Å². The standard InChI is InChI=1S/C40H58N4O5S/c1-36(2)29(26-6-8-27(9-7-26)35(45)46)13-15-37(3)31(36)14-16-39(5)32(37)11-10-30-33-28(34-42-43-49-34)12-17-40(33,19-18-38(30,39)4)41-20-21-44-22-24-50(47,48)25-23-44/h6-9,13,28,30-33,41,43H,10-12,14-25H2,1-5H3,(H,45,46). The molecule has 0 bridgehead atoms. The lowest BCUT2D eigenvalue weighted by atomic mass is 9.33. The first-order valence-corrected chi connectivity index (χ1v) is 21.2. The van der Waals surface area contributed by atoms with Gasteiger partial charge in [-0.3, -0.25) is 0 Å². The summed E-state index contributed by atoms with van der Waals surface area (Å²) in [5.41, 5.74) is 3.57. The molecule has 5 aliphatic carbocycles. The second-order valence-electron chi connectivity index (χ2n) is 18.5. The molecular formula is C40H58N4O5S. The summed E-state index contributed by atoms with van der Waals surface area (Å²) >= 11 is 0. The fourth-order valence-electron chi connectivity index (χ4n) is 13.8. The second-order valence-corrected chi connectivity index (χ2v) is 20.8. The van der Waals surface area contributed by atoms with Crippen molar-refractivity contribution >= 4 is 21.4 Å². The van der Waals surface area contributed by atoms with E-state index in [1.54, 1.807) is 12.1 Å².